The predicted molar refractivity (Wildman–Crippen MR) is 60.6 cm³/mol. The Hall–Kier alpha value is -1.20. The Morgan fingerprint density at radius 2 is 1.92 bits per heavy atom. The minimum absolute atomic E-state index is 0.000000000000000222. The van der Waals surface area contributed by atoms with Crippen LogP contribution >= 0.6 is 23.6 Å². The Morgan fingerprint density at radius 1 is 1.31 bits per heavy atom. The molecule has 0 aliphatic rings. The van der Waals surface area contributed by atoms with Crippen LogP contribution in [-0.4, -0.2) is 10.1 Å². The van der Waals surface area contributed by atoms with E-state index in [9.17, 15) is 0 Å². The lowest BCUT2D eigenvalue weighted by Crippen LogP contribution is -2.18. The van der Waals surface area contributed by atoms with E-state index in [1.165, 1.54) is 4.70 Å². The number of nitrogens with zero attached hydrogens (tertiary/aromatic N) is 1. The summed E-state index contributed by atoms with van der Waals surface area (Å²) in [5.41, 5.74) is 12.2. The highest BCUT2D eigenvalue weighted by Crippen LogP contribution is 2.15. The molecule has 3 nitrogen and oxygen atoms in total. The smallest absolute Gasteiger partial charge is 0.160 e. The Balaban J connectivity index is 0.000000184. The molecule has 0 bridgehead atoms. The van der Waals surface area contributed by atoms with E-state index in [4.69, 9.17) is 0 Å². The number of thiazole rings is 1. The molecule has 1 aromatic heterocycles. The topological polar surface area (TPSA) is 64.9 Å². The summed E-state index contributed by atoms with van der Waals surface area (Å²) in [7, 11) is 0. The van der Waals surface area contributed by atoms with E-state index in [0.717, 1.165) is 5.52 Å². The molecule has 68 valence electrons. The van der Waals surface area contributed by atoms with Crippen molar-refractivity contribution in [1.29, 1.82) is 0 Å². The molecule has 2 rings (SSSR count). The number of fused-ring (bicyclic) bond motifs is 1. The highest BCUT2D eigenvalue weighted by atomic mass is 32.1. The average molecular weight is 211 g/mol. The maximum atomic E-state index is 4.62. The van der Waals surface area contributed by atoms with Gasteiger partial charge in [0.25, 0.3) is 0 Å². The predicted octanol–water partition coefficient (Wildman–Crippen LogP) is 1.48. The van der Waals surface area contributed by atoms with Crippen LogP contribution in [0.2, 0.25) is 0 Å². The first-order valence-corrected chi connectivity index (χ1v) is 4.82. The van der Waals surface area contributed by atoms with E-state index in [-0.39, 0.29) is 5.11 Å². The molecular formula is C8H9N3S2. The normalized spacial score (nSPS) is 8.92. The first kappa shape index (κ1) is 9.88. The third-order valence-corrected chi connectivity index (χ3v) is 2.05. The molecule has 1 heterocycles. The van der Waals surface area contributed by atoms with Gasteiger partial charge in [-0.15, -0.1) is 11.3 Å². The van der Waals surface area contributed by atoms with Crippen LogP contribution in [0.25, 0.3) is 10.2 Å². The fourth-order valence-corrected chi connectivity index (χ4v) is 1.48. The fourth-order valence-electron chi connectivity index (χ4n) is 0.803. The van der Waals surface area contributed by atoms with Crippen LogP contribution in [0.1, 0.15) is 0 Å². The van der Waals surface area contributed by atoms with E-state index in [2.05, 4.69) is 34.7 Å². The summed E-state index contributed by atoms with van der Waals surface area (Å²) in [5, 5.41) is 0.000000000000000222. The third kappa shape index (κ3) is 3.35. The Labute approximate surface area is 85.4 Å². The summed E-state index contributed by atoms with van der Waals surface area (Å²) in [4.78, 5) is 4.14. The van der Waals surface area contributed by atoms with Crippen LogP contribution in [0.15, 0.2) is 29.8 Å². The van der Waals surface area contributed by atoms with Gasteiger partial charge in [0.05, 0.1) is 15.7 Å². The molecule has 0 saturated heterocycles. The van der Waals surface area contributed by atoms with Gasteiger partial charge in [-0.25, -0.2) is 4.98 Å². The molecule has 0 aliphatic carbocycles. The molecule has 2 aromatic rings. The first-order valence-electron chi connectivity index (χ1n) is 3.53. The standard InChI is InChI=1S/C7H5NS.CH4N2S/c1-2-4-7-6(3-1)8-5-9-7;2-1(3)4/h1-5H;(H4,2,3,4). The molecule has 1 aromatic carbocycles. The fraction of sp³-hybridized carbons (Fsp3) is 0. The van der Waals surface area contributed by atoms with Gasteiger partial charge in [-0.3, -0.25) is 0 Å². The van der Waals surface area contributed by atoms with Crippen molar-refractivity contribution in [3.63, 3.8) is 0 Å². The van der Waals surface area contributed by atoms with Gasteiger partial charge in [-0.05, 0) is 24.4 Å². The molecule has 0 fully saturated rings. The van der Waals surface area contributed by atoms with Gasteiger partial charge >= 0.3 is 0 Å². The Bertz CT molecular complexity index is 363. The number of thiocarbonyl (C=S) groups is 1. The lowest BCUT2D eigenvalue weighted by atomic mass is 10.3. The molecule has 13 heavy (non-hydrogen) atoms. The van der Waals surface area contributed by atoms with Gasteiger partial charge in [0, 0.05) is 0 Å². The Morgan fingerprint density at radius 3 is 2.54 bits per heavy atom. The summed E-state index contributed by atoms with van der Waals surface area (Å²) >= 11 is 5.77. The Kier molecular flexibility index (Phi) is 3.60. The number of hydrogen-bond acceptors (Lipinski definition) is 3. The van der Waals surface area contributed by atoms with Gasteiger partial charge in [0.2, 0.25) is 0 Å². The zero-order chi connectivity index (χ0) is 9.68. The molecular weight excluding hydrogens is 202 g/mol. The molecule has 0 saturated carbocycles. The SMILES string of the molecule is NC(N)=S.c1ccc2scnc2c1. The van der Waals surface area contributed by atoms with Crippen molar-refractivity contribution in [3.8, 4) is 0 Å². The van der Waals surface area contributed by atoms with Gasteiger partial charge in [-0.2, -0.15) is 0 Å². The van der Waals surface area contributed by atoms with Crippen LogP contribution in [0, 0.1) is 0 Å². The molecule has 0 spiro atoms. The average Bonchev–Trinajstić information content (AvgIpc) is 2.49. The number of benzene rings is 1. The summed E-state index contributed by atoms with van der Waals surface area (Å²) in [6.45, 7) is 0. The molecule has 0 aliphatic heterocycles. The summed E-state index contributed by atoms with van der Waals surface area (Å²) < 4.78 is 1.26. The first-order chi connectivity index (χ1) is 6.20. The highest BCUT2D eigenvalue weighted by Gasteiger charge is 1.89. The van der Waals surface area contributed by atoms with Gasteiger partial charge < -0.3 is 11.5 Å². The number of para-hydroxylation sites is 1. The monoisotopic (exact) mass is 211 g/mol. The van der Waals surface area contributed by atoms with Crippen LogP contribution in [0.5, 0.6) is 0 Å². The molecule has 5 heteroatoms. The number of aromatic nitrogens is 1. The van der Waals surface area contributed by atoms with E-state index >= 15 is 0 Å². The van der Waals surface area contributed by atoms with Crippen molar-refractivity contribution in [3.05, 3.63) is 29.8 Å². The quantitative estimate of drug-likeness (QED) is 0.648. The largest absolute Gasteiger partial charge is 0.377 e. The number of nitrogens with two attached hydrogens (primary N) is 2. The van der Waals surface area contributed by atoms with Crippen LogP contribution < -0.4 is 11.5 Å². The van der Waals surface area contributed by atoms with Crippen molar-refractivity contribution in [2.24, 2.45) is 11.5 Å². The van der Waals surface area contributed by atoms with E-state index in [0.29, 0.717) is 0 Å². The summed E-state index contributed by atoms with van der Waals surface area (Å²) in [6, 6.07) is 8.13. The van der Waals surface area contributed by atoms with E-state index < -0.39 is 0 Å². The van der Waals surface area contributed by atoms with E-state index in [1.807, 2.05) is 23.7 Å². The van der Waals surface area contributed by atoms with Gasteiger partial charge in [0.1, 0.15) is 0 Å². The van der Waals surface area contributed by atoms with Crippen LogP contribution in [0.3, 0.4) is 0 Å². The van der Waals surface area contributed by atoms with Gasteiger partial charge in [-0.1, -0.05) is 12.1 Å². The zero-order valence-electron chi connectivity index (χ0n) is 6.81. The third-order valence-electron chi connectivity index (χ3n) is 1.24. The minimum Gasteiger partial charge on any atom is -0.377 e. The second kappa shape index (κ2) is 4.74. The minimum atomic E-state index is 0.000000000000000222. The van der Waals surface area contributed by atoms with Crippen molar-refractivity contribution in [2.45, 2.75) is 0 Å². The van der Waals surface area contributed by atoms with Gasteiger partial charge in [0.15, 0.2) is 5.11 Å². The number of hydrogen-bond donors (Lipinski definition) is 2. The lowest BCUT2D eigenvalue weighted by Gasteiger charge is -1.80. The van der Waals surface area contributed by atoms with Crippen molar-refractivity contribution in [2.75, 3.05) is 0 Å². The summed E-state index contributed by atoms with van der Waals surface area (Å²) in [5.74, 6) is 0. The summed E-state index contributed by atoms with van der Waals surface area (Å²) in [6.07, 6.45) is 0. The van der Waals surface area contributed by atoms with Crippen LogP contribution in [-0.2, 0) is 0 Å². The lowest BCUT2D eigenvalue weighted by molar-refractivity contribution is 1.50. The van der Waals surface area contributed by atoms with Crippen molar-refractivity contribution in [1.82, 2.24) is 4.98 Å². The molecule has 0 radical (unpaired) electrons. The second-order valence-corrected chi connectivity index (χ2v) is 3.58. The number of rotatable bonds is 0. The molecule has 0 unspecified atom stereocenters. The molecule has 4 N–H and O–H groups in total. The maximum absolute atomic E-state index is 4.62. The second-order valence-electron chi connectivity index (χ2n) is 2.22. The van der Waals surface area contributed by atoms with E-state index in [1.54, 1.807) is 11.3 Å². The zero-order valence-corrected chi connectivity index (χ0v) is 8.44. The highest BCUT2D eigenvalue weighted by molar-refractivity contribution is 7.80. The van der Waals surface area contributed by atoms with Crippen molar-refractivity contribution >= 4 is 38.9 Å². The molecule has 0 amide bonds. The van der Waals surface area contributed by atoms with Crippen LogP contribution in [0.4, 0.5) is 0 Å². The molecule has 0 atom stereocenters. The maximum Gasteiger partial charge on any atom is 0.160 e. The van der Waals surface area contributed by atoms with Crippen molar-refractivity contribution < 1.29 is 0 Å².